The zero-order valence-electron chi connectivity index (χ0n) is 16.0. The minimum absolute atomic E-state index is 0.0337. The smallest absolute Gasteiger partial charge is 0.276 e. The van der Waals surface area contributed by atoms with E-state index >= 15 is 0 Å². The van der Waals surface area contributed by atoms with Gasteiger partial charge in [0.15, 0.2) is 5.69 Å². The quantitative estimate of drug-likeness (QED) is 0.716. The molecule has 0 unspecified atom stereocenters. The summed E-state index contributed by atoms with van der Waals surface area (Å²) in [5, 5.41) is 9.99. The molecule has 1 fully saturated rings. The first-order valence-electron chi connectivity index (χ1n) is 9.67. The average Bonchev–Trinajstić information content (AvgIpc) is 3.14. The molecule has 8 heteroatoms. The third kappa shape index (κ3) is 2.83. The van der Waals surface area contributed by atoms with Gasteiger partial charge in [-0.05, 0) is 36.6 Å². The highest BCUT2D eigenvalue weighted by Gasteiger charge is 2.37. The highest BCUT2D eigenvalue weighted by atomic mass is 16.3. The molecule has 1 saturated heterocycles. The fourth-order valence-electron chi connectivity index (χ4n) is 4.62. The first-order chi connectivity index (χ1) is 14.0. The summed E-state index contributed by atoms with van der Waals surface area (Å²) >= 11 is 0. The summed E-state index contributed by atoms with van der Waals surface area (Å²) in [5.74, 6) is 0.553. The van der Waals surface area contributed by atoms with Crippen LogP contribution in [0.2, 0.25) is 0 Å². The molecule has 3 aromatic rings. The number of amides is 1. The maximum absolute atomic E-state index is 13.2. The molecule has 3 aromatic heterocycles. The lowest BCUT2D eigenvalue weighted by Gasteiger charge is -2.42. The van der Waals surface area contributed by atoms with E-state index in [1.54, 1.807) is 17.2 Å². The largest absolute Gasteiger partial charge is 0.505 e. The fourth-order valence-corrected chi connectivity index (χ4v) is 4.62. The Kier molecular flexibility index (Phi) is 4.01. The van der Waals surface area contributed by atoms with Crippen LogP contribution in [0.25, 0.3) is 11.4 Å². The summed E-state index contributed by atoms with van der Waals surface area (Å²) in [7, 11) is 1.87. The van der Waals surface area contributed by atoms with Crippen LogP contribution in [-0.2, 0) is 13.6 Å². The Labute approximate surface area is 167 Å². The molecule has 0 radical (unpaired) electrons. The molecule has 0 aromatic carbocycles. The Balaban J connectivity index is 1.48. The third-order valence-electron chi connectivity index (χ3n) is 5.94. The molecule has 148 valence electrons. The number of nitrogens with zero attached hydrogens (tertiary/aromatic N) is 5. The van der Waals surface area contributed by atoms with Gasteiger partial charge in [0, 0.05) is 56.9 Å². The third-order valence-corrected chi connectivity index (χ3v) is 5.94. The van der Waals surface area contributed by atoms with Crippen molar-refractivity contribution < 1.29 is 9.90 Å². The Morgan fingerprint density at radius 1 is 1.14 bits per heavy atom. The van der Waals surface area contributed by atoms with Gasteiger partial charge in [0.1, 0.15) is 11.6 Å². The van der Waals surface area contributed by atoms with Crippen LogP contribution in [-0.4, -0.2) is 48.1 Å². The number of hydrogen-bond donors (Lipinski definition) is 1. The second-order valence-electron chi connectivity index (χ2n) is 7.83. The first kappa shape index (κ1) is 17.7. The molecular formula is C21H21N5O3. The fraction of sp³-hybridized carbons (Fsp3) is 0.333. The lowest BCUT2D eigenvalue weighted by molar-refractivity contribution is 0.0585. The minimum atomic E-state index is -0.266. The van der Waals surface area contributed by atoms with Gasteiger partial charge in [-0.15, -0.1) is 0 Å². The second kappa shape index (κ2) is 6.58. The van der Waals surface area contributed by atoms with E-state index < -0.39 is 0 Å². The number of hydrogen-bond acceptors (Lipinski definition) is 5. The van der Waals surface area contributed by atoms with Gasteiger partial charge in [-0.2, -0.15) is 0 Å². The lowest BCUT2D eigenvalue weighted by atomic mass is 9.82. The van der Waals surface area contributed by atoms with E-state index in [2.05, 4.69) is 9.97 Å². The van der Waals surface area contributed by atoms with Crippen molar-refractivity contribution in [2.75, 3.05) is 13.1 Å². The van der Waals surface area contributed by atoms with Gasteiger partial charge in [0.2, 0.25) is 0 Å². The van der Waals surface area contributed by atoms with E-state index in [0.29, 0.717) is 31.0 Å². The van der Waals surface area contributed by atoms with E-state index in [9.17, 15) is 14.7 Å². The van der Waals surface area contributed by atoms with Crippen LogP contribution < -0.4 is 5.56 Å². The molecule has 5 heterocycles. The van der Waals surface area contributed by atoms with Crippen LogP contribution in [0.4, 0.5) is 0 Å². The predicted octanol–water partition coefficient (Wildman–Crippen LogP) is 1.61. The van der Waals surface area contributed by atoms with Crippen LogP contribution in [0.15, 0.2) is 47.7 Å². The van der Waals surface area contributed by atoms with Crippen LogP contribution in [0.5, 0.6) is 5.75 Å². The van der Waals surface area contributed by atoms with E-state index in [-0.39, 0.29) is 34.7 Å². The number of carbonyl (C=O) groups excluding carboxylic acids is 1. The van der Waals surface area contributed by atoms with Gasteiger partial charge < -0.3 is 19.1 Å². The Morgan fingerprint density at radius 2 is 2.00 bits per heavy atom. The highest BCUT2D eigenvalue weighted by Crippen LogP contribution is 2.36. The van der Waals surface area contributed by atoms with Crippen molar-refractivity contribution in [3.8, 4) is 17.1 Å². The van der Waals surface area contributed by atoms with Crippen molar-refractivity contribution in [2.24, 2.45) is 13.0 Å². The van der Waals surface area contributed by atoms with E-state index in [1.165, 1.54) is 12.3 Å². The number of rotatable bonds is 2. The van der Waals surface area contributed by atoms with Crippen LogP contribution >= 0.6 is 0 Å². The van der Waals surface area contributed by atoms with E-state index in [1.807, 2.05) is 34.5 Å². The van der Waals surface area contributed by atoms with E-state index in [4.69, 9.17) is 0 Å². The molecule has 2 atom stereocenters. The summed E-state index contributed by atoms with van der Waals surface area (Å²) < 4.78 is 3.69. The highest BCUT2D eigenvalue weighted by molar-refractivity contribution is 5.94. The number of aryl methyl sites for hydroxylation is 1. The number of likely N-dealkylation sites (tertiary alicyclic amines) is 1. The number of aromatic nitrogens is 4. The van der Waals surface area contributed by atoms with Crippen molar-refractivity contribution in [2.45, 2.75) is 18.9 Å². The number of imidazole rings is 1. The van der Waals surface area contributed by atoms with Crippen molar-refractivity contribution in [1.29, 1.82) is 0 Å². The van der Waals surface area contributed by atoms with Gasteiger partial charge in [0.25, 0.3) is 11.5 Å². The lowest BCUT2D eigenvalue weighted by Crippen LogP contribution is -2.49. The normalized spacial score (nSPS) is 20.4. The maximum Gasteiger partial charge on any atom is 0.276 e. The minimum Gasteiger partial charge on any atom is -0.505 e. The molecule has 0 aliphatic carbocycles. The standard InChI is InChI=1S/C21H21N5O3/c1-24-8-7-23-19(24)15-4-5-16-14-9-13(11-26(16)20(15)28)10-25(12-14)21(29)18-17(27)3-2-6-22-18/h2-8,13-14,27H,9-12H2,1H3/t13-,14+/m0/s1. The monoisotopic (exact) mass is 391 g/mol. The van der Waals surface area contributed by atoms with Crippen molar-refractivity contribution >= 4 is 5.91 Å². The van der Waals surface area contributed by atoms with Crippen LogP contribution in [0.3, 0.4) is 0 Å². The van der Waals surface area contributed by atoms with Gasteiger partial charge in [0.05, 0.1) is 5.56 Å². The number of fused-ring (bicyclic) bond motifs is 4. The van der Waals surface area contributed by atoms with Crippen LogP contribution in [0.1, 0.15) is 28.5 Å². The molecule has 2 bridgehead atoms. The molecular weight excluding hydrogens is 370 g/mol. The molecule has 8 nitrogen and oxygen atoms in total. The molecule has 0 saturated carbocycles. The SMILES string of the molecule is Cn1ccnc1-c1ccc2n(c1=O)C[C@H]1C[C@@H]2CN(C(=O)c2ncccc2O)C1. The molecule has 5 rings (SSSR count). The van der Waals surface area contributed by atoms with Gasteiger partial charge in [-0.1, -0.05) is 0 Å². The van der Waals surface area contributed by atoms with Gasteiger partial charge >= 0.3 is 0 Å². The Hall–Kier alpha value is -3.42. The number of aromatic hydroxyl groups is 1. The zero-order valence-corrected chi connectivity index (χ0v) is 16.0. The zero-order chi connectivity index (χ0) is 20.1. The van der Waals surface area contributed by atoms with Gasteiger partial charge in [-0.25, -0.2) is 9.97 Å². The average molecular weight is 391 g/mol. The molecule has 2 aliphatic heterocycles. The second-order valence-corrected chi connectivity index (χ2v) is 7.83. The first-order valence-corrected chi connectivity index (χ1v) is 9.67. The topological polar surface area (TPSA) is 93.3 Å². The van der Waals surface area contributed by atoms with Crippen molar-refractivity contribution in [3.05, 3.63) is 64.6 Å². The molecule has 29 heavy (non-hydrogen) atoms. The number of pyridine rings is 2. The predicted molar refractivity (Wildman–Crippen MR) is 106 cm³/mol. The maximum atomic E-state index is 13.2. The van der Waals surface area contributed by atoms with Crippen molar-refractivity contribution in [3.63, 3.8) is 0 Å². The number of piperidine rings is 1. The Bertz CT molecular complexity index is 1170. The molecule has 1 N–H and O–H groups in total. The summed E-state index contributed by atoms with van der Waals surface area (Å²) in [6, 6.07) is 6.89. The summed E-state index contributed by atoms with van der Waals surface area (Å²) in [4.78, 5) is 36.2. The van der Waals surface area contributed by atoms with Crippen LogP contribution in [0, 0.1) is 5.92 Å². The van der Waals surface area contributed by atoms with E-state index in [0.717, 1.165) is 12.1 Å². The molecule has 0 spiro atoms. The summed E-state index contributed by atoms with van der Waals surface area (Å²) in [6.45, 7) is 1.62. The number of carbonyl (C=O) groups is 1. The summed E-state index contributed by atoms with van der Waals surface area (Å²) in [5.41, 5.74) is 1.59. The summed E-state index contributed by atoms with van der Waals surface area (Å²) in [6.07, 6.45) is 5.96. The molecule has 1 amide bonds. The molecule has 2 aliphatic rings. The van der Waals surface area contributed by atoms with Gasteiger partial charge in [-0.3, -0.25) is 9.59 Å². The van der Waals surface area contributed by atoms with Crippen molar-refractivity contribution in [1.82, 2.24) is 24.0 Å². The Morgan fingerprint density at radius 3 is 2.76 bits per heavy atom.